The lowest BCUT2D eigenvalue weighted by atomic mass is 9.92. The normalized spacial score (nSPS) is 19.6. The highest BCUT2D eigenvalue weighted by atomic mass is 32.1. The molecule has 2 aliphatic heterocycles. The number of hydrogen-bond donors (Lipinski definition) is 1. The summed E-state index contributed by atoms with van der Waals surface area (Å²) in [6.45, 7) is 0.653. The number of nitrogens with zero attached hydrogens (tertiary/aromatic N) is 3. The molecule has 2 aromatic carbocycles. The van der Waals surface area contributed by atoms with E-state index in [1.807, 2.05) is 40.7 Å². The van der Waals surface area contributed by atoms with Gasteiger partial charge in [0.15, 0.2) is 11.4 Å². The van der Waals surface area contributed by atoms with Gasteiger partial charge in [-0.25, -0.2) is 0 Å². The van der Waals surface area contributed by atoms with E-state index < -0.39 is 35.7 Å². The largest absolute Gasteiger partial charge is 0.573 e. The number of rotatable bonds is 2. The van der Waals surface area contributed by atoms with Crippen LogP contribution in [0.1, 0.15) is 27.7 Å². The van der Waals surface area contributed by atoms with E-state index in [9.17, 15) is 27.9 Å². The molecule has 40 heavy (non-hydrogen) atoms. The fourth-order valence-corrected chi connectivity index (χ4v) is 6.82. The van der Waals surface area contributed by atoms with E-state index in [2.05, 4.69) is 4.74 Å². The van der Waals surface area contributed by atoms with Crippen molar-refractivity contribution in [3.05, 3.63) is 93.2 Å². The van der Waals surface area contributed by atoms with Crippen molar-refractivity contribution in [3.63, 3.8) is 0 Å². The van der Waals surface area contributed by atoms with Crippen LogP contribution in [0.3, 0.4) is 0 Å². The Morgan fingerprint density at radius 1 is 1.00 bits per heavy atom. The molecule has 0 unspecified atom stereocenters. The summed E-state index contributed by atoms with van der Waals surface area (Å²) in [5, 5.41) is 14.5. The molecule has 12 heteroatoms. The SMILES string of the molecule is O=C1c2c(O)c(=O)ccn2N([C@@H]2c3ccc(OC(F)(F)F)cc3-c3ccsc3-c3ccccc32)[C@@H]2COCCN12. The number of pyridine rings is 1. The van der Waals surface area contributed by atoms with Gasteiger partial charge < -0.3 is 19.5 Å². The topological polar surface area (TPSA) is 84.2 Å². The number of ether oxygens (including phenoxy) is 2. The number of aromatic hydroxyl groups is 1. The molecule has 8 nitrogen and oxygen atoms in total. The van der Waals surface area contributed by atoms with Crippen LogP contribution in [-0.2, 0) is 4.74 Å². The van der Waals surface area contributed by atoms with Crippen LogP contribution >= 0.6 is 11.3 Å². The lowest BCUT2D eigenvalue weighted by molar-refractivity contribution is -0.274. The number of alkyl halides is 3. The van der Waals surface area contributed by atoms with E-state index >= 15 is 0 Å². The standard InChI is InChI=1S/C28H20F3N3O5S/c29-28(30,31)39-15-5-6-17-20(13-15)19-8-12-40-26(19)18-4-2-1-3-16(18)23(17)34-22-14-38-11-10-32(22)27(37)24-25(36)21(35)7-9-33(24)34/h1-9,12-13,22-23,36H,10-11,14H2/t22-,23+/m1/s1. The predicted octanol–water partition coefficient (Wildman–Crippen LogP) is 4.70. The highest BCUT2D eigenvalue weighted by Crippen LogP contribution is 2.51. The third-order valence-electron chi connectivity index (χ3n) is 7.45. The van der Waals surface area contributed by atoms with Crippen molar-refractivity contribution in [2.24, 2.45) is 0 Å². The fraction of sp³-hybridized carbons (Fsp3) is 0.214. The first-order chi connectivity index (χ1) is 19.2. The molecule has 2 aromatic heterocycles. The molecule has 1 fully saturated rings. The Hall–Kier alpha value is -4.29. The van der Waals surface area contributed by atoms with Gasteiger partial charge in [0.2, 0.25) is 5.43 Å². The second kappa shape index (κ2) is 8.86. The van der Waals surface area contributed by atoms with Gasteiger partial charge >= 0.3 is 6.36 Å². The van der Waals surface area contributed by atoms with Crippen LogP contribution in [-0.4, -0.2) is 52.9 Å². The molecular weight excluding hydrogens is 547 g/mol. The maximum Gasteiger partial charge on any atom is 0.573 e. The van der Waals surface area contributed by atoms with Gasteiger partial charge in [0.05, 0.1) is 19.3 Å². The number of halogens is 3. The lowest BCUT2D eigenvalue weighted by Gasteiger charge is -2.51. The summed E-state index contributed by atoms with van der Waals surface area (Å²) in [4.78, 5) is 28.4. The number of fused-ring (bicyclic) bond motifs is 7. The number of carbonyl (C=O) groups is 1. The number of aromatic nitrogens is 1. The Kier molecular flexibility index (Phi) is 5.48. The minimum absolute atomic E-state index is 0.142. The quantitative estimate of drug-likeness (QED) is 0.378. The number of hydrogen-bond acceptors (Lipinski definition) is 7. The van der Waals surface area contributed by atoms with Crippen molar-refractivity contribution in [2.45, 2.75) is 18.6 Å². The Morgan fingerprint density at radius 3 is 2.62 bits per heavy atom. The minimum Gasteiger partial charge on any atom is -0.502 e. The molecule has 4 heterocycles. The van der Waals surface area contributed by atoms with E-state index in [1.165, 1.54) is 40.4 Å². The van der Waals surface area contributed by atoms with Crippen LogP contribution in [0.2, 0.25) is 0 Å². The number of carbonyl (C=O) groups excluding carboxylic acids is 1. The second-order valence-corrected chi connectivity index (χ2v) is 10.5. The summed E-state index contributed by atoms with van der Waals surface area (Å²) < 4.78 is 51.1. The van der Waals surface area contributed by atoms with E-state index in [1.54, 1.807) is 11.0 Å². The van der Waals surface area contributed by atoms with E-state index in [4.69, 9.17) is 4.74 Å². The van der Waals surface area contributed by atoms with E-state index in [-0.39, 0.29) is 31.2 Å². The van der Waals surface area contributed by atoms with Gasteiger partial charge in [0.25, 0.3) is 5.91 Å². The van der Waals surface area contributed by atoms with Crippen LogP contribution in [0.25, 0.3) is 21.6 Å². The van der Waals surface area contributed by atoms with Crippen molar-refractivity contribution in [1.29, 1.82) is 0 Å². The Labute approximate surface area is 229 Å². The molecule has 1 aliphatic carbocycles. The molecule has 0 saturated carbocycles. The molecule has 0 spiro atoms. The first-order valence-electron chi connectivity index (χ1n) is 12.4. The maximum atomic E-state index is 13.5. The highest BCUT2D eigenvalue weighted by Gasteiger charge is 2.46. The third kappa shape index (κ3) is 3.70. The molecule has 4 aromatic rings. The van der Waals surface area contributed by atoms with Crippen LogP contribution in [0.4, 0.5) is 13.2 Å². The summed E-state index contributed by atoms with van der Waals surface area (Å²) in [5.74, 6) is -1.53. The second-order valence-electron chi connectivity index (χ2n) is 9.61. The van der Waals surface area contributed by atoms with Crippen molar-refractivity contribution in [3.8, 4) is 33.1 Å². The summed E-state index contributed by atoms with van der Waals surface area (Å²) in [7, 11) is 0. The average Bonchev–Trinajstić information content (AvgIpc) is 3.38. The Morgan fingerprint density at radius 2 is 1.80 bits per heavy atom. The average molecular weight is 568 g/mol. The molecule has 2 atom stereocenters. The summed E-state index contributed by atoms with van der Waals surface area (Å²) >= 11 is 1.47. The molecule has 1 N–H and O–H groups in total. The van der Waals surface area contributed by atoms with Gasteiger partial charge in [-0.2, -0.15) is 0 Å². The first kappa shape index (κ1) is 24.7. The molecule has 0 bridgehead atoms. The summed E-state index contributed by atoms with van der Waals surface area (Å²) in [6.07, 6.45) is -4.07. The van der Waals surface area contributed by atoms with Gasteiger partial charge in [-0.3, -0.25) is 19.3 Å². The zero-order chi connectivity index (χ0) is 27.8. The van der Waals surface area contributed by atoms with Crippen LogP contribution in [0.15, 0.2) is 71.0 Å². The monoisotopic (exact) mass is 567 g/mol. The van der Waals surface area contributed by atoms with Gasteiger partial charge in [-0.15, -0.1) is 24.5 Å². The van der Waals surface area contributed by atoms with Crippen molar-refractivity contribution in [2.75, 3.05) is 24.8 Å². The lowest BCUT2D eigenvalue weighted by Crippen LogP contribution is -2.66. The third-order valence-corrected chi connectivity index (χ3v) is 8.40. The molecule has 7 rings (SSSR count). The van der Waals surface area contributed by atoms with Gasteiger partial charge in [0, 0.05) is 29.2 Å². The number of amides is 1. The molecule has 204 valence electrons. The van der Waals surface area contributed by atoms with Crippen LogP contribution < -0.4 is 15.2 Å². The Bertz CT molecular complexity index is 1730. The van der Waals surface area contributed by atoms with Crippen LogP contribution in [0.5, 0.6) is 11.5 Å². The van der Waals surface area contributed by atoms with Crippen molar-refractivity contribution in [1.82, 2.24) is 9.58 Å². The zero-order valence-corrected chi connectivity index (χ0v) is 21.4. The van der Waals surface area contributed by atoms with E-state index in [0.717, 1.165) is 21.6 Å². The number of morpholine rings is 1. The maximum absolute atomic E-state index is 13.5. The van der Waals surface area contributed by atoms with E-state index in [0.29, 0.717) is 11.1 Å². The number of benzene rings is 2. The Balaban J connectivity index is 1.53. The predicted molar refractivity (Wildman–Crippen MR) is 140 cm³/mol. The molecule has 1 saturated heterocycles. The minimum atomic E-state index is -4.87. The molecule has 1 amide bonds. The molecule has 3 aliphatic rings. The van der Waals surface area contributed by atoms with Gasteiger partial charge in [-0.1, -0.05) is 30.3 Å². The number of thiophene rings is 1. The van der Waals surface area contributed by atoms with Crippen molar-refractivity contribution >= 4 is 17.2 Å². The summed E-state index contributed by atoms with van der Waals surface area (Å²) in [6, 6.07) is 14.3. The zero-order valence-electron chi connectivity index (χ0n) is 20.6. The van der Waals surface area contributed by atoms with Crippen molar-refractivity contribution < 1.29 is 32.5 Å². The first-order valence-corrected chi connectivity index (χ1v) is 13.3. The smallest absolute Gasteiger partial charge is 0.502 e. The fourth-order valence-electron chi connectivity index (χ4n) is 5.86. The van der Waals surface area contributed by atoms with Gasteiger partial charge in [-0.05, 0) is 45.8 Å². The summed E-state index contributed by atoms with van der Waals surface area (Å²) in [5.41, 5.74) is 2.77. The molecule has 0 radical (unpaired) electrons. The van der Waals surface area contributed by atoms with Crippen LogP contribution in [0, 0.1) is 0 Å². The molecular formula is C28H20F3N3O5S. The highest BCUT2D eigenvalue weighted by molar-refractivity contribution is 7.14. The van der Waals surface area contributed by atoms with Gasteiger partial charge in [0.1, 0.15) is 11.9 Å².